The molecule has 4 aromatic rings. The van der Waals surface area contributed by atoms with Gasteiger partial charge in [-0.15, -0.1) is 0 Å². The van der Waals surface area contributed by atoms with Crippen LogP contribution in [0.15, 0.2) is 109 Å². The van der Waals surface area contributed by atoms with Gasteiger partial charge in [-0.2, -0.15) is 0 Å². The Morgan fingerprint density at radius 1 is 0.531 bits per heavy atom. The number of rotatable bonds is 9. The van der Waals surface area contributed by atoms with E-state index in [1.165, 1.54) is 0 Å². The highest BCUT2D eigenvalue weighted by molar-refractivity contribution is 6.20. The summed E-state index contributed by atoms with van der Waals surface area (Å²) in [6.45, 7) is 0.322. The maximum atomic E-state index is 13.4. The van der Waals surface area contributed by atoms with Crippen molar-refractivity contribution in [2.24, 2.45) is 0 Å². The smallest absolute Gasteiger partial charge is 0.194 e. The first kappa shape index (κ1) is 21.4. The summed E-state index contributed by atoms with van der Waals surface area (Å²) in [5.74, 6) is -0.441. The van der Waals surface area contributed by atoms with Crippen LogP contribution in [0.2, 0.25) is 0 Å². The molecule has 0 aliphatic heterocycles. The fourth-order valence-corrected chi connectivity index (χ4v) is 3.45. The number of hydrogen-bond acceptors (Lipinski definition) is 4. The van der Waals surface area contributed by atoms with E-state index in [1.807, 2.05) is 42.5 Å². The average molecular weight is 422 g/mol. The zero-order valence-corrected chi connectivity index (χ0v) is 17.4. The van der Waals surface area contributed by atoms with Gasteiger partial charge < -0.3 is 0 Å². The van der Waals surface area contributed by atoms with Crippen LogP contribution < -0.4 is 0 Å². The van der Waals surface area contributed by atoms with E-state index in [0.29, 0.717) is 27.8 Å². The minimum absolute atomic E-state index is 0.0383. The summed E-state index contributed by atoms with van der Waals surface area (Å²) in [6, 6.07) is 32.7. The second kappa shape index (κ2) is 10.4. The first-order valence-electron chi connectivity index (χ1n) is 10.3. The molecule has 0 aliphatic rings. The topological polar surface area (TPSA) is 52.6 Å². The van der Waals surface area contributed by atoms with Gasteiger partial charge >= 0.3 is 0 Å². The molecular weight excluding hydrogens is 400 g/mol. The maximum Gasteiger partial charge on any atom is 0.194 e. The Hall–Kier alpha value is -3.86. The van der Waals surface area contributed by atoms with Gasteiger partial charge in [0.25, 0.3) is 0 Å². The Kier molecular flexibility index (Phi) is 6.98. The van der Waals surface area contributed by atoms with Gasteiger partial charge in [0.1, 0.15) is 13.2 Å². The molecule has 0 unspecified atom stereocenters. The molecule has 0 radical (unpaired) electrons. The van der Waals surface area contributed by atoms with Crippen molar-refractivity contribution >= 4 is 11.6 Å². The molecule has 0 heterocycles. The van der Waals surface area contributed by atoms with Crippen molar-refractivity contribution in [1.29, 1.82) is 0 Å². The van der Waals surface area contributed by atoms with Crippen LogP contribution >= 0.6 is 0 Å². The zero-order chi connectivity index (χ0) is 22.2. The lowest BCUT2D eigenvalue weighted by atomic mass is 9.90. The highest BCUT2D eigenvalue weighted by Crippen LogP contribution is 2.23. The van der Waals surface area contributed by atoms with Crippen molar-refractivity contribution in [3.8, 4) is 0 Å². The predicted octanol–water partition coefficient (Wildman–Crippen LogP) is 5.80. The lowest BCUT2D eigenvalue weighted by Crippen LogP contribution is -2.15. The molecule has 0 fully saturated rings. The monoisotopic (exact) mass is 422 g/mol. The number of carbonyl (C=O) groups excluding carboxylic acids is 2. The summed E-state index contributed by atoms with van der Waals surface area (Å²) >= 11 is 0. The van der Waals surface area contributed by atoms with Gasteiger partial charge in [0.2, 0.25) is 0 Å². The van der Waals surface area contributed by atoms with E-state index in [2.05, 4.69) is 0 Å². The van der Waals surface area contributed by atoms with E-state index in [4.69, 9.17) is 9.78 Å². The lowest BCUT2D eigenvalue weighted by Gasteiger charge is -2.14. The van der Waals surface area contributed by atoms with E-state index in [1.54, 1.807) is 66.7 Å². The van der Waals surface area contributed by atoms with Crippen LogP contribution in [0.3, 0.4) is 0 Å². The zero-order valence-electron chi connectivity index (χ0n) is 17.4. The van der Waals surface area contributed by atoms with Crippen molar-refractivity contribution in [2.45, 2.75) is 13.2 Å². The third-order valence-electron chi connectivity index (χ3n) is 5.06. The Labute approximate surface area is 187 Å². The van der Waals surface area contributed by atoms with Crippen LogP contribution in [0, 0.1) is 0 Å². The Morgan fingerprint density at radius 2 is 1.06 bits per heavy atom. The molecule has 158 valence electrons. The van der Waals surface area contributed by atoms with E-state index >= 15 is 0 Å². The third-order valence-corrected chi connectivity index (χ3v) is 5.06. The molecule has 4 rings (SSSR count). The highest BCUT2D eigenvalue weighted by atomic mass is 17.2. The summed E-state index contributed by atoms with van der Waals surface area (Å²) in [5, 5.41) is 0. The molecule has 0 saturated carbocycles. The molecule has 4 nitrogen and oxygen atoms in total. The SMILES string of the molecule is O=C(c1ccccc1)c1cccc(COOCc2ccccc2)c1C(=O)c1ccccc1. The van der Waals surface area contributed by atoms with E-state index in [0.717, 1.165) is 5.56 Å². The number of benzene rings is 4. The summed E-state index contributed by atoms with van der Waals surface area (Å²) < 4.78 is 0. The van der Waals surface area contributed by atoms with Crippen LogP contribution in [-0.4, -0.2) is 11.6 Å². The minimum Gasteiger partial charge on any atom is -0.289 e. The molecular formula is C28H22O4. The van der Waals surface area contributed by atoms with Gasteiger partial charge in [0.15, 0.2) is 11.6 Å². The lowest BCUT2D eigenvalue weighted by molar-refractivity contribution is -0.313. The van der Waals surface area contributed by atoms with Gasteiger partial charge in [-0.05, 0) is 11.1 Å². The van der Waals surface area contributed by atoms with E-state index < -0.39 is 0 Å². The summed E-state index contributed by atoms with van der Waals surface area (Å²) in [5.41, 5.74) is 3.26. The van der Waals surface area contributed by atoms with Crippen molar-refractivity contribution in [3.63, 3.8) is 0 Å². The summed E-state index contributed by atoms with van der Waals surface area (Å²) in [6.07, 6.45) is 0. The second-order valence-electron chi connectivity index (χ2n) is 7.24. The molecule has 0 atom stereocenters. The Balaban J connectivity index is 1.63. The molecule has 0 N–H and O–H groups in total. The molecule has 0 aliphatic carbocycles. The standard InChI is InChI=1S/C28H22O4/c29-27(22-13-6-2-7-14-22)25-18-10-17-24(20-32-31-19-21-11-4-1-5-12-21)26(25)28(30)23-15-8-3-9-16-23/h1-18H,19-20H2. The fraction of sp³-hybridized carbons (Fsp3) is 0.0714. The largest absolute Gasteiger partial charge is 0.289 e. The molecule has 4 heteroatoms. The number of hydrogen-bond donors (Lipinski definition) is 0. The highest BCUT2D eigenvalue weighted by Gasteiger charge is 2.23. The van der Waals surface area contributed by atoms with Crippen LogP contribution in [0.1, 0.15) is 43.0 Å². The Morgan fingerprint density at radius 3 is 1.69 bits per heavy atom. The van der Waals surface area contributed by atoms with Gasteiger partial charge in [-0.25, -0.2) is 9.78 Å². The van der Waals surface area contributed by atoms with Gasteiger partial charge in [-0.1, -0.05) is 109 Å². The van der Waals surface area contributed by atoms with Crippen LogP contribution in [0.25, 0.3) is 0 Å². The number of carbonyl (C=O) groups is 2. The molecule has 32 heavy (non-hydrogen) atoms. The van der Waals surface area contributed by atoms with E-state index in [9.17, 15) is 9.59 Å². The van der Waals surface area contributed by atoms with Crippen LogP contribution in [0.5, 0.6) is 0 Å². The maximum absolute atomic E-state index is 13.4. The summed E-state index contributed by atoms with van der Waals surface area (Å²) in [4.78, 5) is 37.5. The average Bonchev–Trinajstić information content (AvgIpc) is 2.87. The first-order chi connectivity index (χ1) is 15.7. The van der Waals surface area contributed by atoms with Crippen molar-refractivity contribution < 1.29 is 19.4 Å². The first-order valence-corrected chi connectivity index (χ1v) is 10.3. The molecule has 0 bridgehead atoms. The predicted molar refractivity (Wildman–Crippen MR) is 122 cm³/mol. The molecule has 0 aromatic heterocycles. The molecule has 0 amide bonds. The van der Waals surface area contributed by atoms with Crippen molar-refractivity contribution in [3.05, 3.63) is 143 Å². The quantitative estimate of drug-likeness (QED) is 0.148. The van der Waals surface area contributed by atoms with Gasteiger partial charge in [-0.3, -0.25) is 9.59 Å². The minimum atomic E-state index is -0.229. The number of ketones is 2. The van der Waals surface area contributed by atoms with Crippen LogP contribution in [-0.2, 0) is 23.0 Å². The normalized spacial score (nSPS) is 10.6. The van der Waals surface area contributed by atoms with E-state index in [-0.39, 0.29) is 24.8 Å². The van der Waals surface area contributed by atoms with Gasteiger partial charge in [0, 0.05) is 22.3 Å². The summed E-state index contributed by atoms with van der Waals surface area (Å²) in [7, 11) is 0. The molecule has 0 saturated heterocycles. The fourth-order valence-electron chi connectivity index (χ4n) is 3.45. The second-order valence-corrected chi connectivity index (χ2v) is 7.24. The third kappa shape index (κ3) is 5.06. The molecule has 0 spiro atoms. The molecule has 4 aromatic carbocycles. The van der Waals surface area contributed by atoms with Crippen molar-refractivity contribution in [2.75, 3.05) is 0 Å². The van der Waals surface area contributed by atoms with Crippen molar-refractivity contribution in [1.82, 2.24) is 0 Å². The Bertz CT molecular complexity index is 1190. The van der Waals surface area contributed by atoms with Gasteiger partial charge in [0.05, 0.1) is 0 Å². The van der Waals surface area contributed by atoms with Crippen LogP contribution in [0.4, 0.5) is 0 Å².